The molecule has 7 heteroatoms. The number of fused-ring (bicyclic) bond motifs is 1. The Hall–Kier alpha value is -0.560. The molecule has 1 aromatic heterocycles. The van der Waals surface area contributed by atoms with E-state index in [2.05, 4.69) is 37.2 Å². The fraction of sp³-hybridized carbons (Fsp3) is 0.583. The lowest BCUT2D eigenvalue weighted by molar-refractivity contribution is 0.122. The standard InChI is InChI=1S/C12H16BrN3O2.ClH/c13-10-7-9-8-14-1-4-18-12(9)15-11(10)16-2-5-17-6-3-16;/h7,14H,1-6,8H2;1H. The summed E-state index contributed by atoms with van der Waals surface area (Å²) in [6, 6.07) is 2.10. The Bertz CT molecular complexity index is 441. The van der Waals surface area contributed by atoms with Gasteiger partial charge in [0.15, 0.2) is 0 Å². The van der Waals surface area contributed by atoms with E-state index in [1.165, 1.54) is 0 Å². The second kappa shape index (κ2) is 6.74. The Morgan fingerprint density at radius 1 is 1.26 bits per heavy atom. The van der Waals surface area contributed by atoms with Crippen LogP contribution in [0.25, 0.3) is 0 Å². The van der Waals surface area contributed by atoms with Crippen LogP contribution in [0.3, 0.4) is 0 Å². The first kappa shape index (κ1) is 14.8. The quantitative estimate of drug-likeness (QED) is 0.833. The van der Waals surface area contributed by atoms with Crippen molar-refractivity contribution in [3.05, 3.63) is 16.1 Å². The molecule has 0 atom stereocenters. The molecule has 1 fully saturated rings. The molecule has 0 saturated carbocycles. The van der Waals surface area contributed by atoms with E-state index in [-0.39, 0.29) is 12.4 Å². The van der Waals surface area contributed by atoms with Crippen molar-refractivity contribution in [3.63, 3.8) is 0 Å². The van der Waals surface area contributed by atoms with Gasteiger partial charge < -0.3 is 19.7 Å². The van der Waals surface area contributed by atoms with Crippen LogP contribution < -0.4 is 15.0 Å². The molecule has 1 saturated heterocycles. The molecule has 5 nitrogen and oxygen atoms in total. The van der Waals surface area contributed by atoms with E-state index in [9.17, 15) is 0 Å². The van der Waals surface area contributed by atoms with Gasteiger partial charge in [0, 0.05) is 31.7 Å². The highest BCUT2D eigenvalue weighted by Crippen LogP contribution is 2.31. The van der Waals surface area contributed by atoms with Crippen LogP contribution in [0, 0.1) is 0 Å². The molecule has 0 bridgehead atoms. The van der Waals surface area contributed by atoms with Gasteiger partial charge in [-0.2, -0.15) is 4.98 Å². The van der Waals surface area contributed by atoms with Gasteiger partial charge in [0.2, 0.25) is 5.88 Å². The third kappa shape index (κ3) is 3.31. The van der Waals surface area contributed by atoms with Crippen molar-refractivity contribution >= 4 is 34.2 Å². The summed E-state index contributed by atoms with van der Waals surface area (Å²) in [7, 11) is 0. The molecule has 1 N–H and O–H groups in total. The number of ether oxygens (including phenoxy) is 2. The molecular formula is C12H17BrClN3O2. The Morgan fingerprint density at radius 3 is 2.84 bits per heavy atom. The van der Waals surface area contributed by atoms with E-state index >= 15 is 0 Å². The van der Waals surface area contributed by atoms with E-state index < -0.39 is 0 Å². The first-order valence-corrected chi connectivity index (χ1v) is 6.99. The Morgan fingerprint density at radius 2 is 2.05 bits per heavy atom. The molecule has 0 aromatic carbocycles. The summed E-state index contributed by atoms with van der Waals surface area (Å²) in [5.41, 5.74) is 1.11. The SMILES string of the molecule is Brc1cc2c(nc1N1CCOCC1)OCCNC2.Cl. The number of nitrogens with zero attached hydrogens (tertiary/aromatic N) is 2. The molecule has 0 aliphatic carbocycles. The second-order valence-electron chi connectivity index (χ2n) is 4.38. The Balaban J connectivity index is 0.00000133. The van der Waals surface area contributed by atoms with E-state index in [4.69, 9.17) is 9.47 Å². The average molecular weight is 351 g/mol. The number of nitrogens with one attached hydrogen (secondary N) is 1. The van der Waals surface area contributed by atoms with Gasteiger partial charge in [-0.1, -0.05) is 0 Å². The minimum absolute atomic E-state index is 0. The molecule has 0 radical (unpaired) electrons. The highest BCUT2D eigenvalue weighted by atomic mass is 79.9. The van der Waals surface area contributed by atoms with Gasteiger partial charge >= 0.3 is 0 Å². The van der Waals surface area contributed by atoms with E-state index in [1.54, 1.807) is 0 Å². The smallest absolute Gasteiger partial charge is 0.219 e. The highest BCUT2D eigenvalue weighted by molar-refractivity contribution is 9.10. The normalized spacial score (nSPS) is 18.9. The average Bonchev–Trinajstić information content (AvgIpc) is 2.63. The van der Waals surface area contributed by atoms with Crippen LogP contribution in [0.15, 0.2) is 10.5 Å². The van der Waals surface area contributed by atoms with Crippen LogP contribution in [0.4, 0.5) is 5.82 Å². The van der Waals surface area contributed by atoms with Crippen LogP contribution in [0.2, 0.25) is 0 Å². The number of pyridine rings is 1. The second-order valence-corrected chi connectivity index (χ2v) is 5.24. The maximum Gasteiger partial charge on any atom is 0.219 e. The third-order valence-corrected chi connectivity index (χ3v) is 3.72. The Labute approximate surface area is 127 Å². The van der Waals surface area contributed by atoms with Crippen molar-refractivity contribution in [3.8, 4) is 5.88 Å². The first-order chi connectivity index (χ1) is 8.84. The van der Waals surface area contributed by atoms with Crippen molar-refractivity contribution in [2.75, 3.05) is 44.4 Å². The summed E-state index contributed by atoms with van der Waals surface area (Å²) < 4.78 is 12.1. The van der Waals surface area contributed by atoms with Gasteiger partial charge in [0.25, 0.3) is 0 Å². The van der Waals surface area contributed by atoms with Crippen LogP contribution in [0.5, 0.6) is 5.88 Å². The van der Waals surface area contributed by atoms with Gasteiger partial charge in [-0.25, -0.2) is 0 Å². The predicted octanol–water partition coefficient (Wildman–Crippen LogP) is 1.58. The lowest BCUT2D eigenvalue weighted by Gasteiger charge is -2.29. The third-order valence-electron chi connectivity index (χ3n) is 3.14. The van der Waals surface area contributed by atoms with Crippen molar-refractivity contribution in [1.82, 2.24) is 10.3 Å². The lowest BCUT2D eigenvalue weighted by Crippen LogP contribution is -2.37. The summed E-state index contributed by atoms with van der Waals surface area (Å²) in [6.07, 6.45) is 0. The van der Waals surface area contributed by atoms with Crippen LogP contribution in [-0.2, 0) is 11.3 Å². The van der Waals surface area contributed by atoms with E-state index in [0.29, 0.717) is 6.61 Å². The first-order valence-electron chi connectivity index (χ1n) is 6.20. The zero-order valence-corrected chi connectivity index (χ0v) is 12.9. The number of anilines is 1. The van der Waals surface area contributed by atoms with Gasteiger partial charge in [-0.3, -0.25) is 0 Å². The summed E-state index contributed by atoms with van der Waals surface area (Å²) in [4.78, 5) is 6.89. The number of hydrogen-bond acceptors (Lipinski definition) is 5. The summed E-state index contributed by atoms with van der Waals surface area (Å²) in [6.45, 7) is 5.61. The van der Waals surface area contributed by atoms with Gasteiger partial charge in [-0.15, -0.1) is 12.4 Å². The summed E-state index contributed by atoms with van der Waals surface area (Å²) >= 11 is 3.61. The largest absolute Gasteiger partial charge is 0.476 e. The van der Waals surface area contributed by atoms with Crippen molar-refractivity contribution < 1.29 is 9.47 Å². The summed E-state index contributed by atoms with van der Waals surface area (Å²) in [5.74, 6) is 1.71. The van der Waals surface area contributed by atoms with Gasteiger partial charge in [-0.05, 0) is 22.0 Å². The molecule has 19 heavy (non-hydrogen) atoms. The number of halogens is 2. The fourth-order valence-corrected chi connectivity index (χ4v) is 2.81. The van der Waals surface area contributed by atoms with Gasteiger partial charge in [0.05, 0.1) is 17.7 Å². The maximum absolute atomic E-state index is 5.68. The van der Waals surface area contributed by atoms with Crippen LogP contribution in [0.1, 0.15) is 5.56 Å². The molecule has 0 unspecified atom stereocenters. The number of morpholine rings is 1. The number of aromatic nitrogens is 1. The minimum Gasteiger partial charge on any atom is -0.476 e. The fourth-order valence-electron chi connectivity index (χ4n) is 2.19. The van der Waals surface area contributed by atoms with Gasteiger partial charge in [0.1, 0.15) is 12.4 Å². The highest BCUT2D eigenvalue weighted by Gasteiger charge is 2.19. The van der Waals surface area contributed by atoms with Crippen molar-refractivity contribution in [2.45, 2.75) is 6.54 Å². The van der Waals surface area contributed by atoms with E-state index in [0.717, 1.165) is 61.1 Å². The van der Waals surface area contributed by atoms with Crippen LogP contribution >= 0.6 is 28.3 Å². The van der Waals surface area contributed by atoms with Crippen molar-refractivity contribution in [1.29, 1.82) is 0 Å². The maximum atomic E-state index is 5.68. The van der Waals surface area contributed by atoms with Crippen LogP contribution in [-0.4, -0.2) is 44.4 Å². The lowest BCUT2D eigenvalue weighted by atomic mass is 10.2. The van der Waals surface area contributed by atoms with E-state index in [1.807, 2.05) is 0 Å². The molecule has 0 amide bonds. The topological polar surface area (TPSA) is 46.6 Å². The monoisotopic (exact) mass is 349 g/mol. The molecule has 0 spiro atoms. The summed E-state index contributed by atoms with van der Waals surface area (Å²) in [5, 5.41) is 3.31. The number of rotatable bonds is 1. The molecule has 106 valence electrons. The molecular weight excluding hydrogens is 334 g/mol. The zero-order valence-electron chi connectivity index (χ0n) is 10.5. The molecule has 3 rings (SSSR count). The minimum atomic E-state index is 0. The zero-order chi connectivity index (χ0) is 12.4. The predicted molar refractivity (Wildman–Crippen MR) is 79.4 cm³/mol. The molecule has 2 aliphatic rings. The molecule has 1 aromatic rings. The number of hydrogen-bond donors (Lipinski definition) is 1. The Kier molecular flexibility index (Phi) is 5.27. The molecule has 2 aliphatic heterocycles. The van der Waals surface area contributed by atoms with Crippen molar-refractivity contribution in [2.24, 2.45) is 0 Å². The molecule has 3 heterocycles.